The standard InChI is InChI=1S/C29H27ClF2N6O3/c1-5-21(39)36-12-29(32,13-36)14-37-20-11-17(30)24(22-18(31)7-6-8-19(22)33)35-26(20)38(28(41)27(37)40)25-16(4)9-10-34-23(25)15(2)3/h5-11,15H,1,12-14,33H2,2-4H3. The number of benzene rings is 1. The number of nitrogen functional groups attached to an aromatic ring is 1. The first kappa shape index (κ1) is 28.2. The fraction of sp³-hybridized carbons (Fsp3) is 0.276. The van der Waals surface area contributed by atoms with E-state index >= 15 is 8.78 Å². The number of hydrogen-bond acceptors (Lipinski definition) is 6. The Kier molecular flexibility index (Phi) is 7.02. The third kappa shape index (κ3) is 4.69. The second-order valence-electron chi connectivity index (χ2n) is 10.5. The topological polar surface area (TPSA) is 116 Å². The van der Waals surface area contributed by atoms with Gasteiger partial charge in [-0.3, -0.25) is 28.5 Å². The zero-order valence-corrected chi connectivity index (χ0v) is 23.4. The summed E-state index contributed by atoms with van der Waals surface area (Å²) in [5.74, 6) is -1.29. The molecular weight excluding hydrogens is 554 g/mol. The molecule has 0 saturated carbocycles. The van der Waals surface area contributed by atoms with Crippen LogP contribution in [0.15, 0.2) is 58.8 Å². The first-order valence-corrected chi connectivity index (χ1v) is 13.2. The normalized spacial score (nSPS) is 14.4. The van der Waals surface area contributed by atoms with E-state index in [-0.39, 0.29) is 52.1 Å². The van der Waals surface area contributed by atoms with Crippen molar-refractivity contribution in [2.75, 3.05) is 18.8 Å². The molecule has 212 valence electrons. The maximum atomic E-state index is 15.8. The van der Waals surface area contributed by atoms with Crippen molar-refractivity contribution >= 4 is 34.4 Å². The van der Waals surface area contributed by atoms with Crippen LogP contribution in [0.3, 0.4) is 0 Å². The van der Waals surface area contributed by atoms with E-state index in [1.54, 1.807) is 19.2 Å². The first-order valence-electron chi connectivity index (χ1n) is 12.8. The van der Waals surface area contributed by atoms with E-state index in [1.807, 2.05) is 13.8 Å². The second-order valence-corrected chi connectivity index (χ2v) is 10.9. The van der Waals surface area contributed by atoms with Gasteiger partial charge in [-0.25, -0.2) is 13.8 Å². The lowest BCUT2D eigenvalue weighted by Crippen LogP contribution is -2.63. The lowest BCUT2D eigenvalue weighted by atomic mass is 9.95. The maximum absolute atomic E-state index is 15.8. The molecule has 4 aromatic rings. The molecule has 12 heteroatoms. The van der Waals surface area contributed by atoms with Crippen LogP contribution >= 0.6 is 11.6 Å². The second kappa shape index (κ2) is 10.2. The van der Waals surface area contributed by atoms with Gasteiger partial charge in [-0.15, -0.1) is 0 Å². The molecule has 3 aromatic heterocycles. The summed E-state index contributed by atoms with van der Waals surface area (Å²) in [4.78, 5) is 49.7. The summed E-state index contributed by atoms with van der Waals surface area (Å²) in [6.45, 7) is 7.81. The third-order valence-corrected chi connectivity index (χ3v) is 7.44. The molecule has 2 N–H and O–H groups in total. The SMILES string of the molecule is C=CC(=O)N1CC(F)(Cn2c(=O)c(=O)n(-c3c(C)ccnc3C(C)C)c3nc(-c4c(N)cccc4F)c(Cl)cc32)C1. The number of carbonyl (C=O) groups excluding carboxylic acids is 1. The molecule has 0 unspecified atom stereocenters. The van der Waals surface area contributed by atoms with Crippen LogP contribution in [0, 0.1) is 12.7 Å². The van der Waals surface area contributed by atoms with Crippen LogP contribution in [0.4, 0.5) is 14.5 Å². The van der Waals surface area contributed by atoms with Gasteiger partial charge in [0, 0.05) is 11.9 Å². The van der Waals surface area contributed by atoms with Crippen molar-refractivity contribution in [1.82, 2.24) is 24.0 Å². The van der Waals surface area contributed by atoms with Crippen LogP contribution in [0.2, 0.25) is 5.02 Å². The third-order valence-electron chi connectivity index (χ3n) is 7.15. The summed E-state index contributed by atoms with van der Waals surface area (Å²) in [5.41, 5.74) is 3.47. The minimum Gasteiger partial charge on any atom is -0.398 e. The summed E-state index contributed by atoms with van der Waals surface area (Å²) in [5, 5.41) is -0.0652. The Morgan fingerprint density at radius 2 is 1.95 bits per heavy atom. The highest BCUT2D eigenvalue weighted by Crippen LogP contribution is 2.36. The van der Waals surface area contributed by atoms with Crippen molar-refractivity contribution in [3.05, 3.63) is 92.0 Å². The number of aryl methyl sites for hydroxylation is 1. The summed E-state index contributed by atoms with van der Waals surface area (Å²) < 4.78 is 32.9. The molecule has 1 amide bonds. The molecule has 1 saturated heterocycles. The summed E-state index contributed by atoms with van der Waals surface area (Å²) >= 11 is 6.60. The van der Waals surface area contributed by atoms with Crippen molar-refractivity contribution in [2.24, 2.45) is 0 Å². The van der Waals surface area contributed by atoms with Crippen molar-refractivity contribution in [3.8, 4) is 16.9 Å². The highest BCUT2D eigenvalue weighted by Gasteiger charge is 2.46. The van der Waals surface area contributed by atoms with E-state index in [0.29, 0.717) is 16.9 Å². The summed E-state index contributed by atoms with van der Waals surface area (Å²) in [7, 11) is 0. The first-order chi connectivity index (χ1) is 19.4. The Labute approximate surface area is 238 Å². The number of amides is 1. The number of aromatic nitrogens is 4. The molecule has 1 fully saturated rings. The van der Waals surface area contributed by atoms with Gasteiger partial charge in [0.2, 0.25) is 5.91 Å². The van der Waals surface area contributed by atoms with Gasteiger partial charge in [0.05, 0.1) is 52.8 Å². The number of pyridine rings is 2. The van der Waals surface area contributed by atoms with Crippen LogP contribution in [0.1, 0.15) is 31.0 Å². The molecular formula is C29H27ClF2N6O3. The van der Waals surface area contributed by atoms with Gasteiger partial charge in [-0.05, 0) is 48.7 Å². The Morgan fingerprint density at radius 1 is 1.24 bits per heavy atom. The summed E-state index contributed by atoms with van der Waals surface area (Å²) in [6, 6.07) is 7.15. The van der Waals surface area contributed by atoms with Crippen LogP contribution in [-0.4, -0.2) is 48.7 Å². The van der Waals surface area contributed by atoms with E-state index < -0.39 is 35.1 Å². The summed E-state index contributed by atoms with van der Waals surface area (Å²) in [6.07, 6.45) is 2.67. The number of hydrogen-bond donors (Lipinski definition) is 1. The minimum absolute atomic E-state index is 0.0433. The molecule has 1 aliphatic rings. The Hall–Kier alpha value is -4.38. The fourth-order valence-electron chi connectivity index (χ4n) is 5.17. The lowest BCUT2D eigenvalue weighted by molar-refractivity contribution is -0.141. The van der Waals surface area contributed by atoms with Gasteiger partial charge >= 0.3 is 11.1 Å². The Bertz CT molecular complexity index is 1840. The van der Waals surface area contributed by atoms with Crippen molar-refractivity contribution in [1.29, 1.82) is 0 Å². The number of nitrogens with zero attached hydrogens (tertiary/aromatic N) is 5. The molecule has 5 rings (SSSR count). The number of nitrogens with two attached hydrogens (primary N) is 1. The maximum Gasteiger partial charge on any atom is 0.322 e. The van der Waals surface area contributed by atoms with E-state index in [9.17, 15) is 14.4 Å². The van der Waals surface area contributed by atoms with E-state index in [1.165, 1.54) is 29.2 Å². The van der Waals surface area contributed by atoms with Gasteiger partial charge in [-0.1, -0.05) is 38.1 Å². The number of halogens is 3. The molecule has 0 atom stereocenters. The van der Waals surface area contributed by atoms with Gasteiger partial charge in [0.25, 0.3) is 0 Å². The number of alkyl halides is 1. The molecule has 4 heterocycles. The lowest BCUT2D eigenvalue weighted by Gasteiger charge is -2.44. The van der Waals surface area contributed by atoms with Crippen LogP contribution in [-0.2, 0) is 11.3 Å². The molecule has 9 nitrogen and oxygen atoms in total. The van der Waals surface area contributed by atoms with Gasteiger partial charge in [0.1, 0.15) is 5.82 Å². The van der Waals surface area contributed by atoms with Crippen molar-refractivity contribution in [2.45, 2.75) is 38.9 Å². The van der Waals surface area contributed by atoms with Gasteiger partial charge in [0.15, 0.2) is 11.3 Å². The monoisotopic (exact) mass is 580 g/mol. The number of carbonyl (C=O) groups is 1. The highest BCUT2D eigenvalue weighted by molar-refractivity contribution is 6.33. The predicted molar refractivity (Wildman–Crippen MR) is 154 cm³/mol. The molecule has 41 heavy (non-hydrogen) atoms. The van der Waals surface area contributed by atoms with Crippen LogP contribution in [0.25, 0.3) is 28.1 Å². The zero-order valence-electron chi connectivity index (χ0n) is 22.6. The quantitative estimate of drug-likeness (QED) is 0.208. The largest absolute Gasteiger partial charge is 0.398 e. The molecule has 0 bridgehead atoms. The number of rotatable bonds is 6. The molecule has 0 aliphatic carbocycles. The molecule has 1 aromatic carbocycles. The number of anilines is 1. The van der Waals surface area contributed by atoms with Gasteiger partial charge in [-0.2, -0.15) is 0 Å². The predicted octanol–water partition coefficient (Wildman–Crippen LogP) is 4.15. The fourth-order valence-corrected chi connectivity index (χ4v) is 5.41. The number of likely N-dealkylation sites (tertiary alicyclic amines) is 1. The van der Waals surface area contributed by atoms with Crippen LogP contribution in [0.5, 0.6) is 0 Å². The average molecular weight is 581 g/mol. The number of fused-ring (bicyclic) bond motifs is 1. The average Bonchev–Trinajstić information content (AvgIpc) is 2.90. The molecule has 0 radical (unpaired) electrons. The Balaban J connectivity index is 1.85. The van der Waals surface area contributed by atoms with Crippen molar-refractivity contribution in [3.63, 3.8) is 0 Å². The highest BCUT2D eigenvalue weighted by atomic mass is 35.5. The van der Waals surface area contributed by atoms with Gasteiger partial charge < -0.3 is 10.6 Å². The molecule has 0 spiro atoms. The Morgan fingerprint density at radius 3 is 2.59 bits per heavy atom. The van der Waals surface area contributed by atoms with Crippen molar-refractivity contribution < 1.29 is 13.6 Å². The zero-order chi connectivity index (χ0) is 29.8. The minimum atomic E-state index is -2.00. The van der Waals surface area contributed by atoms with E-state index in [2.05, 4.69) is 16.5 Å². The van der Waals surface area contributed by atoms with E-state index in [0.717, 1.165) is 15.2 Å². The van der Waals surface area contributed by atoms with Crippen LogP contribution < -0.4 is 16.9 Å². The van der Waals surface area contributed by atoms with E-state index in [4.69, 9.17) is 17.3 Å². The molecule has 1 aliphatic heterocycles. The smallest absolute Gasteiger partial charge is 0.322 e.